The molecule has 0 bridgehead atoms. The Hall–Kier alpha value is -2.60. The summed E-state index contributed by atoms with van der Waals surface area (Å²) < 4.78 is 0. The molecule has 2 aromatic carbocycles. The van der Waals surface area contributed by atoms with Crippen LogP contribution in [0.2, 0.25) is 0 Å². The fourth-order valence-corrected chi connectivity index (χ4v) is 2.77. The first kappa shape index (κ1) is 17.7. The van der Waals surface area contributed by atoms with E-state index in [1.807, 2.05) is 37.3 Å². The van der Waals surface area contributed by atoms with Crippen molar-refractivity contribution >= 4 is 29.9 Å². The Labute approximate surface area is 144 Å². The molecule has 0 heterocycles. The molecular formula is C18H18N2O3S. The third kappa shape index (κ3) is 5.24. The van der Waals surface area contributed by atoms with E-state index in [9.17, 15) is 9.59 Å². The monoisotopic (exact) mass is 342 g/mol. The van der Waals surface area contributed by atoms with Gasteiger partial charge in [0.05, 0.1) is 17.0 Å². The molecule has 1 amide bonds. The molecule has 1 atom stereocenters. The van der Waals surface area contributed by atoms with E-state index in [4.69, 9.17) is 5.11 Å². The lowest BCUT2D eigenvalue weighted by molar-refractivity contribution is -0.120. The summed E-state index contributed by atoms with van der Waals surface area (Å²) in [6, 6.07) is 16.4. The average Bonchev–Trinajstić information content (AvgIpc) is 2.60. The smallest absolute Gasteiger partial charge is 0.336 e. The van der Waals surface area contributed by atoms with Gasteiger partial charge in [0.2, 0.25) is 0 Å². The molecule has 0 aliphatic heterocycles. The van der Waals surface area contributed by atoms with Gasteiger partial charge in [-0.15, -0.1) is 11.8 Å². The van der Waals surface area contributed by atoms with Gasteiger partial charge in [0, 0.05) is 11.3 Å². The van der Waals surface area contributed by atoms with Crippen LogP contribution in [0.1, 0.15) is 28.4 Å². The average molecular weight is 342 g/mol. The first-order valence-electron chi connectivity index (χ1n) is 7.38. The maximum atomic E-state index is 12.0. The number of carboxylic acid groups (broad SMARTS) is 1. The molecule has 2 aromatic rings. The zero-order valence-corrected chi connectivity index (χ0v) is 14.0. The van der Waals surface area contributed by atoms with E-state index in [1.165, 1.54) is 24.0 Å². The van der Waals surface area contributed by atoms with Gasteiger partial charge in [-0.25, -0.2) is 10.2 Å². The lowest BCUT2D eigenvalue weighted by Crippen LogP contribution is -2.27. The molecule has 0 unspecified atom stereocenters. The predicted molar refractivity (Wildman–Crippen MR) is 96.3 cm³/mol. The Kier molecular flexibility index (Phi) is 6.57. The van der Waals surface area contributed by atoms with Crippen molar-refractivity contribution in [3.05, 3.63) is 71.3 Å². The topological polar surface area (TPSA) is 78.8 Å². The minimum atomic E-state index is -1.03. The molecular weight excluding hydrogens is 324 g/mol. The number of benzene rings is 2. The largest absolute Gasteiger partial charge is 0.478 e. The number of nitrogens with one attached hydrogen (secondary N) is 1. The number of hydrogen-bond donors (Lipinski definition) is 2. The minimum Gasteiger partial charge on any atom is -0.478 e. The second-order valence-corrected chi connectivity index (χ2v) is 6.39. The van der Waals surface area contributed by atoms with E-state index in [0.717, 1.165) is 11.3 Å². The molecule has 124 valence electrons. The van der Waals surface area contributed by atoms with Gasteiger partial charge in [0.1, 0.15) is 0 Å². The second kappa shape index (κ2) is 8.88. The highest BCUT2D eigenvalue weighted by molar-refractivity contribution is 7.99. The summed E-state index contributed by atoms with van der Waals surface area (Å²) >= 11 is 1.51. The number of carboxylic acids is 1. The summed E-state index contributed by atoms with van der Waals surface area (Å²) in [6.07, 6.45) is 1.34. The van der Waals surface area contributed by atoms with E-state index >= 15 is 0 Å². The molecule has 0 aliphatic carbocycles. The minimum absolute atomic E-state index is 0.141. The van der Waals surface area contributed by atoms with Crippen LogP contribution in [0.5, 0.6) is 0 Å². The van der Waals surface area contributed by atoms with Gasteiger partial charge >= 0.3 is 5.97 Å². The van der Waals surface area contributed by atoms with Crippen molar-refractivity contribution in [2.75, 3.05) is 0 Å². The van der Waals surface area contributed by atoms with E-state index in [2.05, 4.69) is 10.5 Å². The number of amides is 1. The molecule has 0 radical (unpaired) electrons. The number of rotatable bonds is 7. The van der Waals surface area contributed by atoms with Crippen molar-refractivity contribution in [3.63, 3.8) is 0 Å². The quantitative estimate of drug-likeness (QED) is 0.598. The van der Waals surface area contributed by atoms with Crippen molar-refractivity contribution in [2.45, 2.75) is 17.9 Å². The summed E-state index contributed by atoms with van der Waals surface area (Å²) in [5, 5.41) is 12.7. The number of carbonyl (C=O) groups excluding carboxylic acids is 1. The third-order valence-corrected chi connectivity index (χ3v) is 4.50. The van der Waals surface area contributed by atoms with Gasteiger partial charge in [-0.05, 0) is 18.6 Å². The molecule has 0 aromatic heterocycles. The highest BCUT2D eigenvalue weighted by atomic mass is 32.2. The van der Waals surface area contributed by atoms with E-state index in [0.29, 0.717) is 5.56 Å². The van der Waals surface area contributed by atoms with Crippen molar-refractivity contribution < 1.29 is 14.7 Å². The molecule has 24 heavy (non-hydrogen) atoms. The molecule has 0 saturated heterocycles. The Morgan fingerprint density at radius 1 is 1.17 bits per heavy atom. The van der Waals surface area contributed by atoms with Crippen LogP contribution in [0, 0.1) is 0 Å². The van der Waals surface area contributed by atoms with Crippen molar-refractivity contribution in [2.24, 2.45) is 5.10 Å². The van der Waals surface area contributed by atoms with Crippen LogP contribution in [0.3, 0.4) is 0 Å². The van der Waals surface area contributed by atoms with Crippen LogP contribution in [0.4, 0.5) is 0 Å². The molecule has 0 saturated carbocycles. The van der Waals surface area contributed by atoms with Crippen LogP contribution in [0.15, 0.2) is 59.7 Å². The molecule has 6 heteroatoms. The summed E-state index contributed by atoms with van der Waals surface area (Å²) in [7, 11) is 0. The molecule has 0 aliphatic rings. The zero-order valence-electron chi connectivity index (χ0n) is 13.2. The summed E-state index contributed by atoms with van der Waals surface area (Å²) in [4.78, 5) is 23.1. The first-order valence-corrected chi connectivity index (χ1v) is 8.43. The Bertz CT molecular complexity index is 732. The number of carbonyl (C=O) groups is 2. The predicted octanol–water partition coefficient (Wildman–Crippen LogP) is 3.16. The van der Waals surface area contributed by atoms with Gasteiger partial charge in [0.15, 0.2) is 0 Å². The maximum Gasteiger partial charge on any atom is 0.336 e. The van der Waals surface area contributed by atoms with E-state index < -0.39 is 5.97 Å². The van der Waals surface area contributed by atoms with Gasteiger partial charge in [-0.1, -0.05) is 48.5 Å². The second-order valence-electron chi connectivity index (χ2n) is 5.07. The molecule has 0 fully saturated rings. The number of nitrogens with zero attached hydrogens (tertiary/aromatic N) is 1. The Balaban J connectivity index is 1.87. The standard InChI is InChI=1S/C18H18N2O3S/c1-13(24-12-14-7-3-2-4-8-14)17(21)20-19-11-15-9-5-6-10-16(15)18(22)23/h2-11,13H,12H2,1H3,(H,20,21)(H,22,23)/b19-11-/t13-/m0/s1. The van der Waals surface area contributed by atoms with Crippen LogP contribution in [0.25, 0.3) is 0 Å². The van der Waals surface area contributed by atoms with Crippen molar-refractivity contribution in [3.8, 4) is 0 Å². The van der Waals surface area contributed by atoms with Crippen molar-refractivity contribution in [1.82, 2.24) is 5.43 Å². The fraction of sp³-hybridized carbons (Fsp3) is 0.167. The lowest BCUT2D eigenvalue weighted by Gasteiger charge is -2.09. The number of hydrazone groups is 1. The zero-order chi connectivity index (χ0) is 17.4. The van der Waals surface area contributed by atoms with Gasteiger partial charge in [0.25, 0.3) is 5.91 Å². The summed E-state index contributed by atoms with van der Waals surface area (Å²) in [5.41, 5.74) is 4.18. The van der Waals surface area contributed by atoms with Gasteiger partial charge in [-0.3, -0.25) is 4.79 Å². The lowest BCUT2D eigenvalue weighted by atomic mass is 10.1. The summed E-state index contributed by atoms with van der Waals surface area (Å²) in [5.74, 6) is -0.517. The summed E-state index contributed by atoms with van der Waals surface area (Å²) in [6.45, 7) is 1.81. The fourth-order valence-electron chi connectivity index (χ4n) is 1.93. The first-order chi connectivity index (χ1) is 11.6. The van der Waals surface area contributed by atoms with Crippen LogP contribution in [-0.4, -0.2) is 28.4 Å². The highest BCUT2D eigenvalue weighted by Gasteiger charge is 2.13. The number of thioether (sulfide) groups is 1. The third-order valence-electron chi connectivity index (χ3n) is 3.28. The SMILES string of the molecule is C[C@H](SCc1ccccc1)C(=O)N/N=C\c1ccccc1C(=O)O. The van der Waals surface area contributed by atoms with Crippen molar-refractivity contribution in [1.29, 1.82) is 0 Å². The highest BCUT2D eigenvalue weighted by Crippen LogP contribution is 2.17. The Morgan fingerprint density at radius 2 is 1.83 bits per heavy atom. The molecule has 5 nitrogen and oxygen atoms in total. The van der Waals surface area contributed by atoms with E-state index in [-0.39, 0.29) is 16.7 Å². The Morgan fingerprint density at radius 3 is 2.54 bits per heavy atom. The normalized spacial score (nSPS) is 12.0. The molecule has 2 rings (SSSR count). The van der Waals surface area contributed by atoms with Crippen LogP contribution in [-0.2, 0) is 10.5 Å². The van der Waals surface area contributed by atoms with Gasteiger partial charge < -0.3 is 5.11 Å². The van der Waals surface area contributed by atoms with Gasteiger partial charge in [-0.2, -0.15) is 5.10 Å². The maximum absolute atomic E-state index is 12.0. The molecule has 0 spiro atoms. The van der Waals surface area contributed by atoms with E-state index in [1.54, 1.807) is 18.2 Å². The van der Waals surface area contributed by atoms with Crippen LogP contribution < -0.4 is 5.43 Å². The number of hydrogen-bond acceptors (Lipinski definition) is 4. The molecule has 2 N–H and O–H groups in total. The number of aromatic carboxylic acids is 1. The van der Waals surface area contributed by atoms with Crippen LogP contribution >= 0.6 is 11.8 Å².